The molecule has 3 aromatic rings. The first kappa shape index (κ1) is 24.3. The summed E-state index contributed by atoms with van der Waals surface area (Å²) in [6.45, 7) is 9.43. The Morgan fingerprint density at radius 2 is 1.46 bits per heavy atom. The van der Waals surface area contributed by atoms with E-state index in [1.165, 1.54) is 0 Å². The topological polar surface area (TPSA) is 94.6 Å². The van der Waals surface area contributed by atoms with Crippen molar-refractivity contribution in [2.45, 2.75) is 46.6 Å². The summed E-state index contributed by atoms with van der Waals surface area (Å²) in [6, 6.07) is 12.1. The Hall–Kier alpha value is -3.87. The molecule has 35 heavy (non-hydrogen) atoms. The predicted octanol–water partition coefficient (Wildman–Crippen LogP) is 5.47. The monoisotopic (exact) mass is 472 g/mol. The summed E-state index contributed by atoms with van der Waals surface area (Å²) >= 11 is 0. The van der Waals surface area contributed by atoms with Crippen molar-refractivity contribution in [3.05, 3.63) is 76.6 Å². The highest BCUT2D eigenvalue weighted by Gasteiger charge is 2.26. The van der Waals surface area contributed by atoms with E-state index in [1.807, 2.05) is 38.2 Å². The Morgan fingerprint density at radius 1 is 0.886 bits per heavy atom. The van der Waals surface area contributed by atoms with Crippen LogP contribution in [0, 0.1) is 27.7 Å². The van der Waals surface area contributed by atoms with Crippen LogP contribution in [-0.4, -0.2) is 41.2 Å². The molecule has 0 bridgehead atoms. The number of carbonyl (C=O) groups is 2. The molecule has 1 saturated heterocycles. The molecule has 1 aliphatic heterocycles. The lowest BCUT2D eigenvalue weighted by molar-refractivity contribution is 0.102. The van der Waals surface area contributed by atoms with E-state index >= 15 is 0 Å². The van der Waals surface area contributed by atoms with E-state index in [0.717, 1.165) is 39.1 Å². The van der Waals surface area contributed by atoms with Gasteiger partial charge in [-0.15, -0.1) is 0 Å². The molecule has 2 amide bonds. The van der Waals surface area contributed by atoms with Crippen LogP contribution in [0.5, 0.6) is 0 Å². The zero-order valence-electron chi connectivity index (χ0n) is 20.7. The second kappa shape index (κ2) is 10.2. The van der Waals surface area contributed by atoms with Gasteiger partial charge in [-0.2, -0.15) is 0 Å². The molecular formula is C28H32N4O3. The Morgan fingerprint density at radius 3 is 2.03 bits per heavy atom. The number of nitrogens with zero attached hydrogens (tertiary/aromatic N) is 2. The predicted molar refractivity (Wildman–Crippen MR) is 139 cm³/mol. The molecule has 1 aliphatic rings. The zero-order chi connectivity index (χ0) is 25.1. The van der Waals surface area contributed by atoms with Crippen molar-refractivity contribution < 1.29 is 14.7 Å². The molecule has 3 N–H and O–H groups in total. The van der Waals surface area contributed by atoms with Gasteiger partial charge in [0.2, 0.25) is 0 Å². The Balaban J connectivity index is 1.73. The number of nitrogens with one attached hydrogen (secondary N) is 2. The number of aryl methyl sites for hydroxylation is 4. The smallest absolute Gasteiger partial charge is 0.404 e. The summed E-state index contributed by atoms with van der Waals surface area (Å²) in [6.07, 6.45) is 3.92. The van der Waals surface area contributed by atoms with E-state index in [0.29, 0.717) is 37.2 Å². The van der Waals surface area contributed by atoms with Crippen LogP contribution >= 0.6 is 0 Å². The van der Waals surface area contributed by atoms with Crippen LogP contribution < -0.4 is 15.5 Å². The third-order valence-electron chi connectivity index (χ3n) is 6.32. The molecule has 7 nitrogen and oxygen atoms in total. The molecule has 182 valence electrons. The van der Waals surface area contributed by atoms with Crippen LogP contribution in [0.15, 0.2) is 48.8 Å². The van der Waals surface area contributed by atoms with Gasteiger partial charge in [0.05, 0.1) is 17.6 Å². The summed E-state index contributed by atoms with van der Waals surface area (Å²) in [7, 11) is 0. The molecule has 1 aromatic heterocycles. The lowest BCUT2D eigenvalue weighted by Gasteiger charge is -2.35. The van der Waals surface area contributed by atoms with Gasteiger partial charge in [-0.25, -0.2) is 4.79 Å². The van der Waals surface area contributed by atoms with Gasteiger partial charge in [-0.1, -0.05) is 46.5 Å². The summed E-state index contributed by atoms with van der Waals surface area (Å²) in [4.78, 5) is 31.1. The third kappa shape index (κ3) is 5.80. The average molecular weight is 473 g/mol. The van der Waals surface area contributed by atoms with Gasteiger partial charge in [0.1, 0.15) is 0 Å². The summed E-state index contributed by atoms with van der Waals surface area (Å²) in [5.41, 5.74) is 8.52. The Kier molecular flexibility index (Phi) is 7.05. The number of carboxylic acid groups (broad SMARTS) is 1. The quantitative estimate of drug-likeness (QED) is 0.458. The number of anilines is 2. The number of piperidine rings is 1. The molecule has 0 saturated carbocycles. The average Bonchev–Trinajstić information content (AvgIpc) is 2.78. The number of rotatable bonds is 5. The van der Waals surface area contributed by atoms with E-state index in [1.54, 1.807) is 6.20 Å². The van der Waals surface area contributed by atoms with Crippen molar-refractivity contribution in [2.24, 2.45) is 0 Å². The first-order chi connectivity index (χ1) is 16.7. The van der Waals surface area contributed by atoms with Gasteiger partial charge < -0.3 is 20.6 Å². The first-order valence-corrected chi connectivity index (χ1v) is 11.9. The van der Waals surface area contributed by atoms with Crippen LogP contribution in [0.4, 0.5) is 16.2 Å². The molecule has 7 heteroatoms. The molecule has 0 atom stereocenters. The normalized spacial score (nSPS) is 14.0. The van der Waals surface area contributed by atoms with Crippen molar-refractivity contribution in [2.75, 3.05) is 23.3 Å². The summed E-state index contributed by atoms with van der Waals surface area (Å²) < 4.78 is 0. The van der Waals surface area contributed by atoms with Crippen LogP contribution in [0.1, 0.15) is 45.5 Å². The van der Waals surface area contributed by atoms with Crippen molar-refractivity contribution in [1.82, 2.24) is 10.3 Å². The lowest BCUT2D eigenvalue weighted by Crippen LogP contribution is -2.44. The lowest BCUT2D eigenvalue weighted by atomic mass is 9.97. The Bertz CT molecular complexity index is 1220. The van der Waals surface area contributed by atoms with Crippen molar-refractivity contribution in [1.29, 1.82) is 0 Å². The molecule has 2 aromatic carbocycles. The highest BCUT2D eigenvalue weighted by Crippen LogP contribution is 2.39. The zero-order valence-corrected chi connectivity index (χ0v) is 20.7. The highest BCUT2D eigenvalue weighted by molar-refractivity contribution is 6.07. The maximum Gasteiger partial charge on any atom is 0.404 e. The van der Waals surface area contributed by atoms with Crippen LogP contribution in [0.25, 0.3) is 11.1 Å². The number of hydrogen-bond acceptors (Lipinski definition) is 4. The standard InChI is InChI=1S/C28H32N4O3/c1-17-9-18(2)12-21(11-17)24-15-29-16-25(31-27(33)22-13-19(3)10-20(4)14-22)26(24)32-7-5-23(6-8-32)30-28(34)35/h9-16,23,30H,5-8H2,1-4H3,(H,31,33)(H,34,35). The van der Waals surface area contributed by atoms with Gasteiger partial charge in [0, 0.05) is 36.5 Å². The maximum atomic E-state index is 13.3. The number of amides is 2. The van der Waals surface area contributed by atoms with Crippen molar-refractivity contribution >= 4 is 23.4 Å². The van der Waals surface area contributed by atoms with Crippen molar-refractivity contribution in [3.63, 3.8) is 0 Å². The number of pyridine rings is 1. The van der Waals surface area contributed by atoms with Gasteiger partial charge in [0.25, 0.3) is 5.91 Å². The van der Waals surface area contributed by atoms with Gasteiger partial charge in [-0.3, -0.25) is 9.78 Å². The summed E-state index contributed by atoms with van der Waals surface area (Å²) in [5.74, 6) is -0.181. The number of aromatic nitrogens is 1. The molecular weight excluding hydrogens is 440 g/mol. The van der Waals surface area contributed by atoms with Gasteiger partial charge >= 0.3 is 6.09 Å². The van der Waals surface area contributed by atoms with Gasteiger partial charge in [-0.05, 0) is 58.2 Å². The molecule has 4 rings (SSSR count). The minimum absolute atomic E-state index is 0.0800. The molecule has 1 fully saturated rings. The molecule has 0 unspecified atom stereocenters. The van der Waals surface area contributed by atoms with Crippen LogP contribution in [0.3, 0.4) is 0 Å². The van der Waals surface area contributed by atoms with E-state index in [4.69, 9.17) is 5.11 Å². The minimum Gasteiger partial charge on any atom is -0.465 e. The molecule has 0 aliphatic carbocycles. The number of hydrogen-bond donors (Lipinski definition) is 3. The Labute approximate surface area is 206 Å². The first-order valence-electron chi connectivity index (χ1n) is 11.9. The van der Waals surface area contributed by atoms with Crippen LogP contribution in [0.2, 0.25) is 0 Å². The molecule has 0 spiro atoms. The maximum absolute atomic E-state index is 13.3. The summed E-state index contributed by atoms with van der Waals surface area (Å²) in [5, 5.41) is 14.8. The van der Waals surface area contributed by atoms with Gasteiger partial charge in [0.15, 0.2) is 0 Å². The SMILES string of the molecule is Cc1cc(C)cc(C(=O)Nc2cncc(-c3cc(C)cc(C)c3)c2N2CCC(NC(=O)O)CC2)c1. The van der Waals surface area contributed by atoms with E-state index in [9.17, 15) is 9.59 Å². The number of benzene rings is 2. The molecule has 2 heterocycles. The largest absolute Gasteiger partial charge is 0.465 e. The van der Waals surface area contributed by atoms with E-state index in [2.05, 4.69) is 52.6 Å². The van der Waals surface area contributed by atoms with E-state index in [-0.39, 0.29) is 11.9 Å². The third-order valence-corrected chi connectivity index (χ3v) is 6.32. The second-order valence-corrected chi connectivity index (χ2v) is 9.50. The second-order valence-electron chi connectivity index (χ2n) is 9.50. The highest BCUT2D eigenvalue weighted by atomic mass is 16.4. The fourth-order valence-electron chi connectivity index (χ4n) is 4.95. The fraction of sp³-hybridized carbons (Fsp3) is 0.321. The minimum atomic E-state index is -0.996. The van der Waals surface area contributed by atoms with Crippen molar-refractivity contribution in [3.8, 4) is 11.1 Å². The fourth-order valence-corrected chi connectivity index (χ4v) is 4.95. The van der Waals surface area contributed by atoms with E-state index < -0.39 is 6.09 Å². The number of carbonyl (C=O) groups excluding carboxylic acids is 1. The molecule has 0 radical (unpaired) electrons. The van der Waals surface area contributed by atoms with Crippen LogP contribution in [-0.2, 0) is 0 Å².